The van der Waals surface area contributed by atoms with E-state index in [1.54, 1.807) is 19.3 Å². The van der Waals surface area contributed by atoms with Crippen LogP contribution in [0.15, 0.2) is 39.7 Å². The van der Waals surface area contributed by atoms with Gasteiger partial charge in [0.25, 0.3) is 11.5 Å². The van der Waals surface area contributed by atoms with Crippen molar-refractivity contribution < 1.29 is 14.0 Å². The van der Waals surface area contributed by atoms with Crippen molar-refractivity contribution in [2.24, 2.45) is 13.0 Å². The molecule has 7 nitrogen and oxygen atoms in total. The molecular formula is C24H25N3O4. The Balaban J connectivity index is 1.46. The Morgan fingerprint density at radius 2 is 2.06 bits per heavy atom. The van der Waals surface area contributed by atoms with Gasteiger partial charge in [-0.2, -0.15) is 0 Å². The number of nitrogens with one attached hydrogen (secondary N) is 1. The first kappa shape index (κ1) is 19.6. The van der Waals surface area contributed by atoms with E-state index in [1.165, 1.54) is 4.57 Å². The predicted molar refractivity (Wildman–Crippen MR) is 117 cm³/mol. The molecule has 0 unspecified atom stereocenters. The maximum absolute atomic E-state index is 13.2. The highest BCUT2D eigenvalue weighted by atomic mass is 16.3. The van der Waals surface area contributed by atoms with Gasteiger partial charge in [0.2, 0.25) is 5.91 Å². The number of para-hydroxylation sites is 1. The van der Waals surface area contributed by atoms with Crippen molar-refractivity contribution in [2.45, 2.75) is 39.2 Å². The van der Waals surface area contributed by atoms with Crippen LogP contribution in [0.1, 0.15) is 46.5 Å². The predicted octanol–water partition coefficient (Wildman–Crippen LogP) is 3.38. The second-order valence-electron chi connectivity index (χ2n) is 8.67. The molecule has 3 aromatic rings. The molecule has 1 saturated carbocycles. The molecule has 1 N–H and O–H groups in total. The second-order valence-corrected chi connectivity index (χ2v) is 8.67. The Labute approximate surface area is 179 Å². The third kappa shape index (κ3) is 3.65. The highest BCUT2D eigenvalue weighted by Crippen LogP contribution is 2.34. The van der Waals surface area contributed by atoms with Crippen LogP contribution in [0.5, 0.6) is 0 Å². The molecule has 5 rings (SSSR count). The topological polar surface area (TPSA) is 84.5 Å². The van der Waals surface area contributed by atoms with Crippen LogP contribution in [-0.4, -0.2) is 27.8 Å². The maximum Gasteiger partial charge on any atom is 0.263 e. The summed E-state index contributed by atoms with van der Waals surface area (Å²) < 4.78 is 7.17. The van der Waals surface area contributed by atoms with Gasteiger partial charge in [0.15, 0.2) is 5.58 Å². The minimum absolute atomic E-state index is 0.148. The van der Waals surface area contributed by atoms with Gasteiger partial charge in [-0.25, -0.2) is 0 Å². The molecule has 160 valence electrons. The van der Waals surface area contributed by atoms with Crippen LogP contribution in [0, 0.1) is 12.8 Å². The zero-order valence-corrected chi connectivity index (χ0v) is 17.7. The smallest absolute Gasteiger partial charge is 0.263 e. The third-order valence-electron chi connectivity index (χ3n) is 6.22. The maximum atomic E-state index is 13.2. The number of hydrogen-bond donors (Lipinski definition) is 1. The number of carbonyl (C=O) groups is 2. The fraction of sp³-hybridized carbons (Fsp3) is 0.375. The number of fused-ring (bicyclic) bond motifs is 2. The van der Waals surface area contributed by atoms with Gasteiger partial charge in [-0.05, 0) is 55.4 Å². The van der Waals surface area contributed by atoms with Crippen molar-refractivity contribution >= 4 is 28.5 Å². The van der Waals surface area contributed by atoms with Crippen LogP contribution in [0.25, 0.3) is 11.0 Å². The Morgan fingerprint density at radius 1 is 1.26 bits per heavy atom. The van der Waals surface area contributed by atoms with Gasteiger partial charge in [-0.1, -0.05) is 12.1 Å². The van der Waals surface area contributed by atoms with Crippen molar-refractivity contribution in [3.63, 3.8) is 0 Å². The largest absolute Gasteiger partial charge is 0.459 e. The van der Waals surface area contributed by atoms with Gasteiger partial charge in [0.1, 0.15) is 11.3 Å². The first-order chi connectivity index (χ1) is 14.9. The van der Waals surface area contributed by atoms with Crippen LogP contribution < -0.4 is 10.9 Å². The van der Waals surface area contributed by atoms with E-state index >= 15 is 0 Å². The minimum Gasteiger partial charge on any atom is -0.459 e. The lowest BCUT2D eigenvalue weighted by molar-refractivity contribution is -0.132. The van der Waals surface area contributed by atoms with Gasteiger partial charge < -0.3 is 19.2 Å². The van der Waals surface area contributed by atoms with Gasteiger partial charge >= 0.3 is 0 Å². The molecule has 2 aliphatic rings. The summed E-state index contributed by atoms with van der Waals surface area (Å²) in [5, 5.41) is 3.77. The third-order valence-corrected chi connectivity index (χ3v) is 6.22. The fourth-order valence-corrected chi connectivity index (χ4v) is 4.41. The molecule has 0 radical (unpaired) electrons. The van der Waals surface area contributed by atoms with E-state index in [4.69, 9.17) is 4.42 Å². The van der Waals surface area contributed by atoms with Crippen LogP contribution in [-0.2, 0) is 24.8 Å². The molecule has 1 fully saturated rings. The summed E-state index contributed by atoms with van der Waals surface area (Å²) in [6.07, 6.45) is 5.12. The monoisotopic (exact) mass is 419 g/mol. The summed E-state index contributed by atoms with van der Waals surface area (Å²) in [6, 6.07) is 7.43. The first-order valence-electron chi connectivity index (χ1n) is 10.7. The molecule has 3 heterocycles. The molecule has 7 heteroatoms. The molecular weight excluding hydrogens is 394 g/mol. The first-order valence-corrected chi connectivity index (χ1v) is 10.7. The lowest BCUT2D eigenvalue weighted by atomic mass is 9.95. The van der Waals surface area contributed by atoms with Crippen molar-refractivity contribution in [3.05, 3.63) is 63.3 Å². The molecule has 0 atom stereocenters. The zero-order chi connectivity index (χ0) is 21.7. The molecule has 2 aromatic heterocycles. The number of benzene rings is 1. The molecule has 0 spiro atoms. The number of aryl methyl sites for hydroxylation is 2. The van der Waals surface area contributed by atoms with Crippen molar-refractivity contribution in [2.75, 3.05) is 11.9 Å². The summed E-state index contributed by atoms with van der Waals surface area (Å²) in [4.78, 5) is 40.6. The number of amides is 2. The number of rotatable bonds is 4. The number of carbonyl (C=O) groups excluding carboxylic acids is 2. The van der Waals surface area contributed by atoms with Crippen LogP contribution in [0.4, 0.5) is 5.69 Å². The highest BCUT2D eigenvalue weighted by Gasteiger charge is 2.31. The molecule has 0 saturated heterocycles. The normalized spacial score (nSPS) is 15.7. The van der Waals surface area contributed by atoms with Gasteiger partial charge in [-0.3, -0.25) is 14.4 Å². The molecule has 2 amide bonds. The number of pyridine rings is 1. The van der Waals surface area contributed by atoms with Crippen LogP contribution in [0.2, 0.25) is 0 Å². The van der Waals surface area contributed by atoms with E-state index < -0.39 is 5.91 Å². The van der Waals surface area contributed by atoms with Gasteiger partial charge in [0, 0.05) is 38.1 Å². The van der Waals surface area contributed by atoms with Crippen molar-refractivity contribution in [3.8, 4) is 0 Å². The SMILES string of the molecule is Cc1cc2cccc(NC(=O)c3c4c(cn(C)c3=O)CN(C(=O)CC3CC3)CC4)c2o1. The minimum atomic E-state index is -0.447. The zero-order valence-electron chi connectivity index (χ0n) is 17.7. The molecule has 31 heavy (non-hydrogen) atoms. The highest BCUT2D eigenvalue weighted by molar-refractivity contribution is 6.08. The summed E-state index contributed by atoms with van der Waals surface area (Å²) in [7, 11) is 1.64. The van der Waals surface area contributed by atoms with E-state index in [2.05, 4.69) is 5.32 Å². The Kier molecular flexibility index (Phi) is 4.68. The van der Waals surface area contributed by atoms with Crippen LogP contribution >= 0.6 is 0 Å². The summed E-state index contributed by atoms with van der Waals surface area (Å²) in [5.41, 5.74) is 2.53. The van der Waals surface area contributed by atoms with Crippen molar-refractivity contribution in [1.82, 2.24) is 9.47 Å². The number of furan rings is 1. The summed E-state index contributed by atoms with van der Waals surface area (Å²) in [5.74, 6) is 0.994. The molecule has 1 aliphatic carbocycles. The van der Waals surface area contributed by atoms with E-state index in [0.717, 1.165) is 35.1 Å². The number of anilines is 1. The van der Waals surface area contributed by atoms with Gasteiger partial charge in [-0.15, -0.1) is 0 Å². The lowest BCUT2D eigenvalue weighted by Crippen LogP contribution is -2.40. The second kappa shape index (κ2) is 7.41. The molecule has 1 aromatic carbocycles. The van der Waals surface area contributed by atoms with E-state index in [0.29, 0.717) is 43.1 Å². The molecule has 1 aliphatic heterocycles. The Bertz CT molecular complexity index is 1270. The van der Waals surface area contributed by atoms with E-state index in [9.17, 15) is 14.4 Å². The quantitative estimate of drug-likeness (QED) is 0.703. The average molecular weight is 419 g/mol. The van der Waals surface area contributed by atoms with E-state index in [-0.39, 0.29) is 17.0 Å². The Hall–Kier alpha value is -3.35. The van der Waals surface area contributed by atoms with Crippen LogP contribution in [0.3, 0.4) is 0 Å². The fourth-order valence-electron chi connectivity index (χ4n) is 4.41. The lowest BCUT2D eigenvalue weighted by Gasteiger charge is -2.30. The number of hydrogen-bond acceptors (Lipinski definition) is 4. The average Bonchev–Trinajstić information content (AvgIpc) is 3.46. The summed E-state index contributed by atoms with van der Waals surface area (Å²) in [6.45, 7) is 2.81. The van der Waals surface area contributed by atoms with Gasteiger partial charge in [0.05, 0.1) is 5.69 Å². The number of nitrogens with zero attached hydrogens (tertiary/aromatic N) is 2. The number of aromatic nitrogens is 1. The Morgan fingerprint density at radius 3 is 2.84 bits per heavy atom. The molecule has 0 bridgehead atoms. The standard InChI is InChI=1S/C24H25N3O4/c1-14-10-16-4-3-5-19(22(16)31-14)25-23(29)21-18-8-9-27(20(28)11-15-6-7-15)13-17(18)12-26(2)24(21)30/h3-5,10,12,15H,6-9,11,13H2,1-2H3,(H,25,29). The van der Waals surface area contributed by atoms with E-state index in [1.807, 2.05) is 30.0 Å². The van der Waals surface area contributed by atoms with Crippen molar-refractivity contribution in [1.29, 1.82) is 0 Å². The summed E-state index contributed by atoms with van der Waals surface area (Å²) >= 11 is 0.